The third kappa shape index (κ3) is 3.35. The van der Waals surface area contributed by atoms with E-state index in [0.29, 0.717) is 5.56 Å². The third-order valence-corrected chi connectivity index (χ3v) is 2.48. The van der Waals surface area contributed by atoms with Gasteiger partial charge in [-0.1, -0.05) is 24.6 Å². The summed E-state index contributed by atoms with van der Waals surface area (Å²) < 4.78 is 0. The molecule has 1 rings (SSSR count). The van der Waals surface area contributed by atoms with Crippen LogP contribution in [0.25, 0.3) is 0 Å². The predicted molar refractivity (Wildman–Crippen MR) is 62.2 cm³/mol. The Morgan fingerprint density at radius 1 is 1.38 bits per heavy atom. The van der Waals surface area contributed by atoms with Gasteiger partial charge in [0.15, 0.2) is 0 Å². The lowest BCUT2D eigenvalue weighted by Crippen LogP contribution is -2.13. The third-order valence-electron chi connectivity index (χ3n) is 2.48. The molecule has 0 bridgehead atoms. The van der Waals surface area contributed by atoms with Crippen molar-refractivity contribution in [1.82, 2.24) is 0 Å². The van der Waals surface area contributed by atoms with E-state index in [2.05, 4.69) is 0 Å². The molecule has 16 heavy (non-hydrogen) atoms. The molecule has 0 amide bonds. The molecule has 0 aliphatic rings. The van der Waals surface area contributed by atoms with Gasteiger partial charge in [-0.2, -0.15) is 4.89 Å². The summed E-state index contributed by atoms with van der Waals surface area (Å²) >= 11 is 0. The second kappa shape index (κ2) is 5.66. The van der Waals surface area contributed by atoms with E-state index in [0.717, 1.165) is 17.5 Å². The number of carbonyl (C=O) groups is 1. The molecule has 3 heteroatoms. The lowest BCUT2D eigenvalue weighted by molar-refractivity contribution is -0.270. The molecule has 0 N–H and O–H groups in total. The first-order valence-electron chi connectivity index (χ1n) is 5.49. The fourth-order valence-electron chi connectivity index (χ4n) is 1.19. The number of carbonyl (C=O) groups excluding carboxylic acids is 1. The second-order valence-corrected chi connectivity index (χ2v) is 4.00. The Labute approximate surface area is 96.3 Å². The molecule has 1 atom stereocenters. The Bertz CT molecular complexity index is 371. The molecule has 0 saturated carbocycles. The molecule has 0 saturated heterocycles. The number of benzene rings is 1. The minimum Gasteiger partial charge on any atom is -0.293 e. The Kier molecular flexibility index (Phi) is 4.50. The van der Waals surface area contributed by atoms with E-state index < -0.39 is 5.97 Å². The second-order valence-electron chi connectivity index (χ2n) is 4.00. The standard InChI is InChI=1S/C13H18O3/c1-5-11(4)15-16-13(14)12-8-9(2)6-7-10(12)3/h6-8,11H,5H2,1-4H3. The van der Waals surface area contributed by atoms with Crippen molar-refractivity contribution >= 4 is 5.97 Å². The molecule has 1 aromatic rings. The first-order chi connectivity index (χ1) is 7.54. The number of rotatable bonds is 4. The molecule has 0 heterocycles. The molecule has 0 radical (unpaired) electrons. The van der Waals surface area contributed by atoms with Crippen LogP contribution in [0, 0.1) is 13.8 Å². The summed E-state index contributed by atoms with van der Waals surface area (Å²) in [6.45, 7) is 7.64. The summed E-state index contributed by atoms with van der Waals surface area (Å²) in [5, 5.41) is 0. The van der Waals surface area contributed by atoms with Crippen molar-refractivity contribution in [1.29, 1.82) is 0 Å². The molecular weight excluding hydrogens is 204 g/mol. The minimum atomic E-state index is -0.429. The van der Waals surface area contributed by atoms with Crippen LogP contribution >= 0.6 is 0 Å². The molecule has 3 nitrogen and oxygen atoms in total. The molecular formula is C13H18O3. The van der Waals surface area contributed by atoms with Crippen LogP contribution in [0.15, 0.2) is 18.2 Å². The zero-order valence-electron chi connectivity index (χ0n) is 10.2. The smallest absolute Gasteiger partial charge is 0.293 e. The van der Waals surface area contributed by atoms with Crippen LogP contribution in [-0.2, 0) is 9.78 Å². The van der Waals surface area contributed by atoms with E-state index in [9.17, 15) is 4.79 Å². The summed E-state index contributed by atoms with van der Waals surface area (Å²) in [4.78, 5) is 21.4. The lowest BCUT2D eigenvalue weighted by Gasteiger charge is -2.10. The van der Waals surface area contributed by atoms with Crippen LogP contribution in [0.2, 0.25) is 0 Å². The quantitative estimate of drug-likeness (QED) is 0.579. The zero-order chi connectivity index (χ0) is 12.1. The van der Waals surface area contributed by atoms with Crippen LogP contribution in [0.4, 0.5) is 0 Å². The fraction of sp³-hybridized carbons (Fsp3) is 0.462. The first-order valence-corrected chi connectivity index (χ1v) is 5.49. The van der Waals surface area contributed by atoms with Gasteiger partial charge in [0.2, 0.25) is 0 Å². The molecule has 0 spiro atoms. The molecule has 1 unspecified atom stereocenters. The van der Waals surface area contributed by atoms with Gasteiger partial charge in [0.1, 0.15) is 6.10 Å². The topological polar surface area (TPSA) is 35.5 Å². The van der Waals surface area contributed by atoms with Gasteiger partial charge in [0.05, 0.1) is 5.56 Å². The first kappa shape index (κ1) is 12.7. The maximum atomic E-state index is 11.7. The van der Waals surface area contributed by atoms with Crippen LogP contribution in [0.5, 0.6) is 0 Å². The number of hydrogen-bond donors (Lipinski definition) is 0. The van der Waals surface area contributed by atoms with Gasteiger partial charge >= 0.3 is 5.97 Å². The lowest BCUT2D eigenvalue weighted by atomic mass is 10.1. The zero-order valence-corrected chi connectivity index (χ0v) is 10.2. The molecule has 0 fully saturated rings. The highest BCUT2D eigenvalue weighted by Gasteiger charge is 2.13. The van der Waals surface area contributed by atoms with Gasteiger partial charge in [-0.15, -0.1) is 0 Å². The predicted octanol–water partition coefficient (Wildman–Crippen LogP) is 3.19. The van der Waals surface area contributed by atoms with Crippen LogP contribution < -0.4 is 0 Å². The molecule has 0 aromatic heterocycles. The monoisotopic (exact) mass is 222 g/mol. The van der Waals surface area contributed by atoms with Crippen LogP contribution in [-0.4, -0.2) is 12.1 Å². The van der Waals surface area contributed by atoms with E-state index >= 15 is 0 Å². The van der Waals surface area contributed by atoms with E-state index in [1.807, 2.05) is 39.8 Å². The summed E-state index contributed by atoms with van der Waals surface area (Å²) in [6.07, 6.45) is 0.731. The average Bonchev–Trinajstić information content (AvgIpc) is 2.28. The normalized spacial score (nSPS) is 12.2. The van der Waals surface area contributed by atoms with Crippen molar-refractivity contribution in [2.75, 3.05) is 0 Å². The van der Waals surface area contributed by atoms with Crippen molar-refractivity contribution in [2.24, 2.45) is 0 Å². The summed E-state index contributed by atoms with van der Waals surface area (Å²) in [6, 6.07) is 5.66. The van der Waals surface area contributed by atoms with Crippen molar-refractivity contribution in [3.63, 3.8) is 0 Å². The summed E-state index contributed by atoms with van der Waals surface area (Å²) in [5.41, 5.74) is 2.48. The molecule has 1 aromatic carbocycles. The van der Waals surface area contributed by atoms with Gasteiger partial charge in [0, 0.05) is 0 Å². The van der Waals surface area contributed by atoms with Gasteiger partial charge < -0.3 is 0 Å². The van der Waals surface area contributed by atoms with Crippen LogP contribution in [0.3, 0.4) is 0 Å². The van der Waals surface area contributed by atoms with Crippen molar-refractivity contribution in [3.05, 3.63) is 34.9 Å². The highest BCUT2D eigenvalue weighted by Crippen LogP contribution is 2.12. The molecule has 88 valence electrons. The molecule has 0 aliphatic carbocycles. The number of aryl methyl sites for hydroxylation is 2. The maximum absolute atomic E-state index is 11.7. The van der Waals surface area contributed by atoms with Crippen molar-refractivity contribution < 1.29 is 14.6 Å². The summed E-state index contributed by atoms with van der Waals surface area (Å²) in [7, 11) is 0. The van der Waals surface area contributed by atoms with Crippen LogP contribution in [0.1, 0.15) is 41.8 Å². The van der Waals surface area contributed by atoms with Crippen molar-refractivity contribution in [2.45, 2.75) is 40.2 Å². The Morgan fingerprint density at radius 3 is 2.69 bits per heavy atom. The average molecular weight is 222 g/mol. The van der Waals surface area contributed by atoms with Gasteiger partial charge in [-0.25, -0.2) is 4.79 Å². The highest BCUT2D eigenvalue weighted by atomic mass is 17.2. The van der Waals surface area contributed by atoms with Crippen molar-refractivity contribution in [3.8, 4) is 0 Å². The van der Waals surface area contributed by atoms with E-state index in [1.54, 1.807) is 6.07 Å². The summed E-state index contributed by atoms with van der Waals surface area (Å²) in [5.74, 6) is -0.429. The highest BCUT2D eigenvalue weighted by molar-refractivity contribution is 5.90. The van der Waals surface area contributed by atoms with Gasteiger partial charge in [-0.05, 0) is 38.8 Å². The maximum Gasteiger partial charge on any atom is 0.373 e. The minimum absolute atomic E-state index is 0.0749. The largest absolute Gasteiger partial charge is 0.373 e. The Morgan fingerprint density at radius 2 is 2.06 bits per heavy atom. The number of hydrogen-bond acceptors (Lipinski definition) is 3. The van der Waals surface area contributed by atoms with E-state index in [4.69, 9.17) is 9.78 Å². The molecule has 0 aliphatic heterocycles. The van der Waals surface area contributed by atoms with Gasteiger partial charge in [-0.3, -0.25) is 4.89 Å². The van der Waals surface area contributed by atoms with E-state index in [-0.39, 0.29) is 6.10 Å². The SMILES string of the molecule is CCC(C)OOC(=O)c1cc(C)ccc1C. The Hall–Kier alpha value is -1.35. The van der Waals surface area contributed by atoms with Gasteiger partial charge in [0.25, 0.3) is 0 Å². The fourth-order valence-corrected chi connectivity index (χ4v) is 1.19. The van der Waals surface area contributed by atoms with E-state index in [1.165, 1.54) is 0 Å². The Balaban J connectivity index is 2.69.